The van der Waals surface area contributed by atoms with Crippen LogP contribution >= 0.6 is 0 Å². The molecule has 6 heteroatoms. The average molecular weight is 555 g/mol. The fourth-order valence-electron chi connectivity index (χ4n) is 10.1. The lowest BCUT2D eigenvalue weighted by Gasteiger charge is -2.55. The highest BCUT2D eigenvalue weighted by Gasteiger charge is 2.54. The molecule has 8 aliphatic rings. The van der Waals surface area contributed by atoms with Gasteiger partial charge < -0.3 is 18.9 Å². The summed E-state index contributed by atoms with van der Waals surface area (Å²) in [4.78, 5) is 25.4. The van der Waals surface area contributed by atoms with Crippen molar-refractivity contribution in [2.75, 3.05) is 26.4 Å². The number of esters is 2. The molecule has 0 N–H and O–H groups in total. The van der Waals surface area contributed by atoms with E-state index in [-0.39, 0.29) is 36.4 Å². The van der Waals surface area contributed by atoms with E-state index < -0.39 is 0 Å². The van der Waals surface area contributed by atoms with Gasteiger partial charge in [-0.05, 0) is 125 Å². The van der Waals surface area contributed by atoms with Crippen molar-refractivity contribution in [1.29, 1.82) is 0 Å². The van der Waals surface area contributed by atoms with Crippen LogP contribution in [0.3, 0.4) is 0 Å². The predicted molar refractivity (Wildman–Crippen MR) is 152 cm³/mol. The largest absolute Gasteiger partial charge is 0.456 e. The number of carbonyl (C=O) groups excluding carboxylic acids is 2. The molecule has 0 aliphatic heterocycles. The molecule has 0 unspecified atom stereocenters. The number of carbonyl (C=O) groups is 2. The number of rotatable bonds is 15. The van der Waals surface area contributed by atoms with Crippen molar-refractivity contribution in [3.63, 3.8) is 0 Å². The molecule has 0 aromatic heterocycles. The quantitative estimate of drug-likeness (QED) is 0.127. The summed E-state index contributed by atoms with van der Waals surface area (Å²) in [5.74, 6) is 3.98. The van der Waals surface area contributed by atoms with Crippen LogP contribution in [0.5, 0.6) is 0 Å². The van der Waals surface area contributed by atoms with E-state index in [0.717, 1.165) is 99.7 Å². The second-order valence-electron chi connectivity index (χ2n) is 14.7. The Morgan fingerprint density at radius 3 is 1.12 bits per heavy atom. The molecule has 8 saturated carbocycles. The molecule has 8 fully saturated rings. The van der Waals surface area contributed by atoms with Crippen molar-refractivity contribution >= 4 is 11.9 Å². The van der Waals surface area contributed by atoms with Crippen LogP contribution in [0.1, 0.15) is 103 Å². The molecule has 0 aromatic carbocycles. The van der Waals surface area contributed by atoms with Gasteiger partial charge in [-0.3, -0.25) is 0 Å². The monoisotopic (exact) mass is 554 g/mol. The van der Waals surface area contributed by atoms with Gasteiger partial charge >= 0.3 is 11.9 Å². The molecule has 0 amide bonds. The maximum Gasteiger partial charge on any atom is 0.336 e. The van der Waals surface area contributed by atoms with Gasteiger partial charge in [-0.2, -0.15) is 0 Å². The third-order valence-corrected chi connectivity index (χ3v) is 11.0. The molecule has 0 atom stereocenters. The maximum absolute atomic E-state index is 12.7. The van der Waals surface area contributed by atoms with Crippen molar-refractivity contribution in [1.82, 2.24) is 0 Å². The maximum atomic E-state index is 12.7. The van der Waals surface area contributed by atoms with Gasteiger partial charge in [0.2, 0.25) is 0 Å². The van der Waals surface area contributed by atoms with Crippen molar-refractivity contribution < 1.29 is 28.5 Å². The Hall–Kier alpha value is -1.66. The number of ether oxygens (including phenoxy) is 4. The first-order chi connectivity index (χ1) is 19.3. The molecule has 0 spiro atoms. The van der Waals surface area contributed by atoms with Gasteiger partial charge in [-0.25, -0.2) is 9.59 Å². The van der Waals surface area contributed by atoms with E-state index >= 15 is 0 Å². The molecule has 222 valence electrons. The topological polar surface area (TPSA) is 71.1 Å². The van der Waals surface area contributed by atoms with Crippen LogP contribution in [0.15, 0.2) is 24.3 Å². The zero-order valence-corrected chi connectivity index (χ0v) is 24.5. The van der Waals surface area contributed by atoms with Crippen LogP contribution in [0.25, 0.3) is 0 Å². The van der Waals surface area contributed by atoms with E-state index in [4.69, 9.17) is 18.9 Å². The highest BCUT2D eigenvalue weighted by atomic mass is 16.6. The van der Waals surface area contributed by atoms with Gasteiger partial charge in [0.1, 0.15) is 11.2 Å². The molecule has 8 bridgehead atoms. The zero-order valence-electron chi connectivity index (χ0n) is 24.5. The zero-order chi connectivity index (χ0) is 27.7. The summed E-state index contributed by atoms with van der Waals surface area (Å²) in [6, 6.07) is 0. The summed E-state index contributed by atoms with van der Waals surface area (Å²) in [7, 11) is 0. The van der Waals surface area contributed by atoms with Gasteiger partial charge in [-0.15, -0.1) is 0 Å². The first kappa shape index (κ1) is 28.5. The fourth-order valence-corrected chi connectivity index (χ4v) is 10.1. The highest BCUT2D eigenvalue weighted by Crippen LogP contribution is 2.58. The highest BCUT2D eigenvalue weighted by molar-refractivity contribution is 5.88. The lowest BCUT2D eigenvalue weighted by Crippen LogP contribution is -2.52. The minimum atomic E-state index is -0.262. The van der Waals surface area contributed by atoms with E-state index in [1.165, 1.54) is 38.5 Å². The molecule has 8 rings (SSSR count). The average Bonchev–Trinajstić information content (AvgIpc) is 2.87. The summed E-state index contributed by atoms with van der Waals surface area (Å²) in [6.07, 6.45) is 18.2. The van der Waals surface area contributed by atoms with Crippen LogP contribution in [0.2, 0.25) is 0 Å². The third-order valence-electron chi connectivity index (χ3n) is 11.0. The molecule has 0 saturated heterocycles. The summed E-state index contributed by atoms with van der Waals surface area (Å²) < 4.78 is 23.6. The van der Waals surface area contributed by atoms with Crippen LogP contribution in [0, 0.1) is 35.5 Å². The summed E-state index contributed by atoms with van der Waals surface area (Å²) in [5, 5.41) is 0. The van der Waals surface area contributed by atoms with Crippen LogP contribution in [-0.4, -0.2) is 49.6 Å². The minimum absolute atomic E-state index is 0.224. The SMILES string of the molecule is C=C(COCCCCCCOCC(=C)C(=O)OC12CC3CC(CC(C3)C1)C2)C(=O)OC12CC3CC(CC(C3)C1)C2. The van der Waals surface area contributed by atoms with E-state index in [2.05, 4.69) is 13.2 Å². The van der Waals surface area contributed by atoms with E-state index in [1.807, 2.05) is 0 Å². The predicted octanol–water partition coefficient (Wildman–Crippen LogP) is 6.72. The lowest BCUT2D eigenvalue weighted by atomic mass is 9.54. The van der Waals surface area contributed by atoms with Crippen molar-refractivity contribution in [3.05, 3.63) is 24.3 Å². The Kier molecular flexibility index (Phi) is 8.48. The first-order valence-electron chi connectivity index (χ1n) is 16.3. The molecule has 8 aliphatic carbocycles. The normalized spacial score (nSPS) is 38.4. The molecule has 0 heterocycles. The van der Waals surface area contributed by atoms with Gasteiger partial charge in [0.25, 0.3) is 0 Å². The van der Waals surface area contributed by atoms with Gasteiger partial charge in [-0.1, -0.05) is 26.0 Å². The Morgan fingerprint density at radius 1 is 0.525 bits per heavy atom. The Morgan fingerprint density at radius 2 is 0.825 bits per heavy atom. The molecule has 0 aromatic rings. The third kappa shape index (κ3) is 6.53. The molecular formula is C34H50O6. The smallest absolute Gasteiger partial charge is 0.336 e. The van der Waals surface area contributed by atoms with E-state index in [9.17, 15) is 9.59 Å². The first-order valence-corrected chi connectivity index (χ1v) is 16.3. The second kappa shape index (κ2) is 11.9. The minimum Gasteiger partial charge on any atom is -0.456 e. The Labute approximate surface area is 240 Å². The van der Waals surface area contributed by atoms with Gasteiger partial charge in [0.15, 0.2) is 0 Å². The standard InChI is InChI=1S/C34H50O6/c1-23(31(35)39-33-15-25-9-26(16-33)11-27(10-25)17-33)21-37-7-5-3-4-6-8-38-22-24(2)32(36)40-34-18-28-12-29(19-34)14-30(13-28)20-34/h25-30H,1-22H2. The van der Waals surface area contributed by atoms with Crippen molar-refractivity contribution in [2.45, 2.75) is 114 Å². The fraction of sp³-hybridized carbons (Fsp3) is 0.824. The van der Waals surface area contributed by atoms with Gasteiger partial charge in [0, 0.05) is 13.2 Å². The van der Waals surface area contributed by atoms with E-state index in [0.29, 0.717) is 24.4 Å². The second-order valence-corrected chi connectivity index (χ2v) is 14.7. The molecule has 0 radical (unpaired) electrons. The summed E-state index contributed by atoms with van der Waals surface area (Å²) in [6.45, 7) is 9.60. The molecule has 6 nitrogen and oxygen atoms in total. The summed E-state index contributed by atoms with van der Waals surface area (Å²) >= 11 is 0. The number of unbranched alkanes of at least 4 members (excludes halogenated alkanes) is 3. The Bertz CT molecular complexity index is 832. The summed E-state index contributed by atoms with van der Waals surface area (Å²) in [5.41, 5.74) is 0.424. The molecule has 40 heavy (non-hydrogen) atoms. The lowest BCUT2D eigenvalue weighted by molar-refractivity contribution is -0.183. The van der Waals surface area contributed by atoms with Gasteiger partial charge in [0.05, 0.1) is 24.4 Å². The Balaban J connectivity index is 0.776. The van der Waals surface area contributed by atoms with Crippen molar-refractivity contribution in [2.24, 2.45) is 35.5 Å². The number of hydrogen-bond acceptors (Lipinski definition) is 6. The van der Waals surface area contributed by atoms with Crippen molar-refractivity contribution in [3.8, 4) is 0 Å². The van der Waals surface area contributed by atoms with Crippen LogP contribution in [0.4, 0.5) is 0 Å². The molecular weight excluding hydrogens is 504 g/mol. The van der Waals surface area contributed by atoms with E-state index in [1.54, 1.807) is 0 Å². The van der Waals surface area contributed by atoms with Crippen LogP contribution in [-0.2, 0) is 28.5 Å². The van der Waals surface area contributed by atoms with Crippen LogP contribution < -0.4 is 0 Å². The number of hydrogen-bond donors (Lipinski definition) is 0.